The number of carboxylic acid groups (broad SMARTS) is 1. The zero-order valence-electron chi connectivity index (χ0n) is 53.6. The standard InChI is InChI=1S/C69H87N13O7S2/c1-43(33-72-65-75-52-21-11-12-23-55(52)91-65)49-20-14-27-81(60(49)78-70)56-25-24-50(58(76-56)64(86)87)51-34-73-82(45(51)3)42-68-37-66(4)36-67(5,38-68)40-69(39-66,41-68)89-31-29-79(7)28-30-88-48-19-13-18-47(32-48)59(83)53-35-90-62(74-53)54-22-15-26-80(54)63(85)57(46-16-9-8-10-17-46)77-61(84)44(2)71-6/h11-13,18-19,21,23-25,32-35,44,46,54,57,71H,8-10,14-17,20,22,26-31,36-42,70H2,1-7H3,(H,77,84)(H,86,87)/b49-43-,72-33-,78-60+/t44-,54-,57-,66?,67?,68?,69?/m0/s1. The van der Waals surface area contributed by atoms with Gasteiger partial charge in [-0.25, -0.2) is 24.7 Å². The van der Waals surface area contributed by atoms with E-state index in [1.165, 1.54) is 22.7 Å². The van der Waals surface area contributed by atoms with Crippen LogP contribution < -0.4 is 26.1 Å². The number of aliphatic imine (C=N–C) groups is 1. The third-order valence-electron chi connectivity index (χ3n) is 20.3. The van der Waals surface area contributed by atoms with Gasteiger partial charge in [-0.15, -0.1) is 11.3 Å². The first kappa shape index (κ1) is 63.9. The molecule has 5 atom stereocenters. The maximum atomic E-state index is 14.4. The minimum atomic E-state index is -1.13. The van der Waals surface area contributed by atoms with Gasteiger partial charge in [-0.1, -0.05) is 68.7 Å². The molecule has 5 N–H and O–H groups in total. The Labute approximate surface area is 541 Å². The number of carboxylic acids is 1. The van der Waals surface area contributed by atoms with Crippen LogP contribution in [0.2, 0.25) is 0 Å². The van der Waals surface area contributed by atoms with Crippen molar-refractivity contribution >= 4 is 79.5 Å². The minimum Gasteiger partial charge on any atom is -0.492 e. The second kappa shape index (κ2) is 26.4. The van der Waals surface area contributed by atoms with Gasteiger partial charge in [-0.2, -0.15) is 10.2 Å². The topological polar surface area (TPSA) is 248 Å². The van der Waals surface area contributed by atoms with Gasteiger partial charge in [-0.3, -0.25) is 19.1 Å². The van der Waals surface area contributed by atoms with Gasteiger partial charge in [-0.05, 0) is 176 Å². The molecule has 20 nitrogen and oxygen atoms in total. The molecule has 2 saturated heterocycles. The molecule has 7 fully saturated rings. The van der Waals surface area contributed by atoms with Crippen molar-refractivity contribution in [1.82, 2.24) is 45.2 Å². The average molecular weight is 1270 g/mol. The lowest BCUT2D eigenvalue weighted by molar-refractivity contribution is -0.248. The zero-order chi connectivity index (χ0) is 63.8. The Morgan fingerprint density at radius 2 is 1.68 bits per heavy atom. The lowest BCUT2D eigenvalue weighted by Crippen LogP contribution is -2.64. The number of carbonyl (C=O) groups excluding carboxylic acids is 3. The van der Waals surface area contributed by atoms with Crippen LogP contribution in [0.5, 0.6) is 5.75 Å². The van der Waals surface area contributed by atoms with Crippen molar-refractivity contribution in [2.75, 3.05) is 58.4 Å². The molecule has 4 bridgehead atoms. The summed E-state index contributed by atoms with van der Waals surface area (Å²) in [7, 11) is 3.83. The summed E-state index contributed by atoms with van der Waals surface area (Å²) in [5.74, 6) is 6.22. The predicted molar refractivity (Wildman–Crippen MR) is 357 cm³/mol. The first-order valence-electron chi connectivity index (χ1n) is 32.5. The molecule has 5 aliphatic carbocycles. The van der Waals surface area contributed by atoms with Gasteiger partial charge in [0.1, 0.15) is 34.9 Å². The summed E-state index contributed by atoms with van der Waals surface area (Å²) in [5.41, 5.74) is 5.52. The number of nitrogens with two attached hydrogens (primary N) is 1. The lowest BCUT2D eigenvalue weighted by atomic mass is 9.39. The Bertz CT molecular complexity index is 3760. The van der Waals surface area contributed by atoms with E-state index >= 15 is 0 Å². The molecule has 2 unspecified atom stereocenters. The fourth-order valence-corrected chi connectivity index (χ4v) is 18.8. The Morgan fingerprint density at radius 1 is 0.901 bits per heavy atom. The number of benzene rings is 2. The van der Waals surface area contributed by atoms with Gasteiger partial charge >= 0.3 is 5.97 Å². The van der Waals surface area contributed by atoms with Crippen LogP contribution in [0.15, 0.2) is 93.5 Å². The summed E-state index contributed by atoms with van der Waals surface area (Å²) in [4.78, 5) is 79.6. The van der Waals surface area contributed by atoms with Crippen molar-refractivity contribution in [3.63, 3.8) is 0 Å². The number of anilines is 1. The van der Waals surface area contributed by atoms with Crippen LogP contribution in [0.4, 0.5) is 10.9 Å². The van der Waals surface area contributed by atoms with Crippen LogP contribution in [0.25, 0.3) is 21.3 Å². The third-order valence-corrected chi connectivity index (χ3v) is 22.2. The van der Waals surface area contributed by atoms with Gasteiger partial charge in [0.2, 0.25) is 22.7 Å². The van der Waals surface area contributed by atoms with E-state index in [1.54, 1.807) is 43.9 Å². The molecule has 22 heteroatoms. The molecule has 91 heavy (non-hydrogen) atoms. The highest BCUT2D eigenvalue weighted by Gasteiger charge is 2.66. The van der Waals surface area contributed by atoms with Crippen molar-refractivity contribution in [1.29, 1.82) is 0 Å². The molecule has 2 aromatic carbocycles. The number of thiazole rings is 2. The quantitative estimate of drug-likeness (QED) is 0.0202. The van der Waals surface area contributed by atoms with Crippen molar-refractivity contribution in [2.45, 2.75) is 161 Å². The van der Waals surface area contributed by atoms with E-state index in [0.29, 0.717) is 78.7 Å². The van der Waals surface area contributed by atoms with Crippen LogP contribution >= 0.6 is 22.7 Å². The van der Waals surface area contributed by atoms with Crippen LogP contribution in [-0.2, 0) is 20.9 Å². The van der Waals surface area contributed by atoms with E-state index in [-0.39, 0.29) is 57.1 Å². The number of carbonyl (C=O) groups is 4. The molecule has 0 radical (unpaired) electrons. The predicted octanol–water partition coefficient (Wildman–Crippen LogP) is 11.3. The number of hydrogen-bond donors (Lipinski definition) is 4. The van der Waals surface area contributed by atoms with Crippen molar-refractivity contribution in [2.24, 2.45) is 38.1 Å². The van der Waals surface area contributed by atoms with Crippen LogP contribution in [0.1, 0.15) is 167 Å². The van der Waals surface area contributed by atoms with Crippen molar-refractivity contribution in [3.05, 3.63) is 111 Å². The molecular formula is C69H87N13O7S2. The summed E-state index contributed by atoms with van der Waals surface area (Å²) >= 11 is 2.94. The fourth-order valence-electron chi connectivity index (χ4n) is 17.0. The van der Waals surface area contributed by atoms with Crippen LogP contribution in [0, 0.1) is 29.1 Å². The number of likely N-dealkylation sites (tertiary alicyclic amines) is 1. The summed E-state index contributed by atoms with van der Waals surface area (Å²) in [6, 6.07) is 17.7. The Hall–Kier alpha value is -7.24. The summed E-state index contributed by atoms with van der Waals surface area (Å²) in [5, 5.41) is 29.3. The van der Waals surface area contributed by atoms with Gasteiger partial charge in [0.15, 0.2) is 11.5 Å². The number of ketones is 1. The van der Waals surface area contributed by atoms with Gasteiger partial charge in [0.25, 0.3) is 0 Å². The maximum Gasteiger partial charge on any atom is 0.355 e. The highest BCUT2D eigenvalue weighted by molar-refractivity contribution is 7.22. The number of ether oxygens (including phenoxy) is 2. The number of hydrazone groups is 1. The Kier molecular flexibility index (Phi) is 18.5. The number of aromatic carboxylic acids is 1. The number of nitrogens with one attached hydrogen (secondary N) is 2. The first-order chi connectivity index (χ1) is 43.8. The number of pyridine rings is 1. The van der Waals surface area contributed by atoms with Crippen LogP contribution in [0.3, 0.4) is 0 Å². The number of hydrogen-bond acceptors (Lipinski definition) is 17. The van der Waals surface area contributed by atoms with Crippen molar-refractivity contribution in [3.8, 4) is 16.9 Å². The second-order valence-electron chi connectivity index (χ2n) is 27.6. The highest BCUT2D eigenvalue weighted by atomic mass is 32.1. The summed E-state index contributed by atoms with van der Waals surface area (Å²) in [6.07, 6.45) is 18.0. The highest BCUT2D eigenvalue weighted by Crippen LogP contribution is 2.72. The van der Waals surface area contributed by atoms with E-state index < -0.39 is 18.1 Å². The number of nitrogens with zero attached hydrogens (tertiary/aromatic N) is 10. The number of fused-ring (bicyclic) bond motifs is 1. The number of piperidine rings is 1. The number of allylic oxidation sites excluding steroid dienone is 1. The lowest BCUT2D eigenvalue weighted by Gasteiger charge is -2.69. The van der Waals surface area contributed by atoms with Gasteiger partial charge < -0.3 is 45.8 Å². The molecule has 2 amide bonds. The normalized spacial score (nSPS) is 25.9. The first-order valence-corrected chi connectivity index (χ1v) is 34.2. The fraction of sp³-hybridized carbons (Fsp3) is 0.536. The van der Waals surface area contributed by atoms with E-state index in [0.717, 1.165) is 140 Å². The summed E-state index contributed by atoms with van der Waals surface area (Å²) < 4.78 is 16.6. The van der Waals surface area contributed by atoms with E-state index in [2.05, 4.69) is 51.2 Å². The number of aromatic nitrogens is 5. The number of rotatable bonds is 23. The van der Waals surface area contributed by atoms with Crippen molar-refractivity contribution < 1.29 is 33.8 Å². The Balaban J connectivity index is 0.653. The molecule has 4 aromatic heterocycles. The molecule has 6 heterocycles. The zero-order valence-corrected chi connectivity index (χ0v) is 55.3. The molecule has 5 saturated carbocycles. The van der Waals surface area contributed by atoms with Crippen LogP contribution in [-0.4, -0.2) is 146 Å². The van der Waals surface area contributed by atoms with Gasteiger partial charge in [0.05, 0.1) is 40.7 Å². The number of amides is 2. The molecule has 6 aromatic rings. The van der Waals surface area contributed by atoms with Gasteiger partial charge in [0, 0.05) is 72.3 Å². The second-order valence-corrected chi connectivity index (χ2v) is 29.5. The molecule has 7 aliphatic rings. The third kappa shape index (κ3) is 13.5. The smallest absolute Gasteiger partial charge is 0.355 e. The maximum absolute atomic E-state index is 14.4. The summed E-state index contributed by atoms with van der Waals surface area (Å²) in [6.45, 7) is 15.0. The van der Waals surface area contributed by atoms with E-state index in [4.69, 9.17) is 35.4 Å². The molecule has 13 rings (SSSR count). The molecular weight excluding hydrogens is 1190 g/mol. The minimum absolute atomic E-state index is 0.0553. The molecule has 482 valence electrons. The monoisotopic (exact) mass is 1270 g/mol. The SMILES string of the molecule is CN[C@@H](C)C(=O)N[C@H](C(=O)N1CCC[C@H]1c1nc(C(=O)c2cccc(OCCN(C)CCOC34CC5(C)CC(C)(CC(Cn6ncc(-c7ccc(N8CCCC(=C(C)/C=N\c9nc%10ccccc%10s9)/C8=N\N)nc7C(=O)O)c6C)(C5)C3)C4)c2)cs1)C1CCCCC1. The largest absolute Gasteiger partial charge is 0.492 e. The van der Waals surface area contributed by atoms with E-state index in [1.807, 2.05) is 72.2 Å². The number of amidine groups is 1. The van der Waals surface area contributed by atoms with E-state index in [9.17, 15) is 24.3 Å². The number of para-hydroxylation sites is 1. The molecule has 2 aliphatic heterocycles. The number of likely N-dealkylation sites (N-methyl/N-ethyl adjacent to an activating group) is 2. The molecule has 0 spiro atoms. The Morgan fingerprint density at radius 3 is 2.44 bits per heavy atom. The average Bonchev–Trinajstić information content (AvgIpc) is 1.42.